The van der Waals surface area contributed by atoms with Crippen molar-refractivity contribution in [3.8, 4) is 0 Å². The van der Waals surface area contributed by atoms with Gasteiger partial charge < -0.3 is 31.9 Å². The standard InChI is InChI=1S/C38H60N8O8S/c1-18(2)14-25-33(48)42-29(20(5)6)36(51)44-30(21(7)8)37(52)45-31(22(9)10)38-41-27(17-55-38)34(49)43-28(19(3)4)35(50)40-26(32(47)39-25)16-23-12-11-13-24(15-23)46(53)54/h11-13,15,18-22,25-31,38,41H,14,16-17H2,1-10H3,(H,39,47)(H,40,50)(H,42,48)(H,43,49)(H,44,51)(H,45,52)/t25-,26+,27+,28-,29+,30-,31+,38?/m1/s1. The van der Waals surface area contributed by atoms with Gasteiger partial charge >= 0.3 is 0 Å². The van der Waals surface area contributed by atoms with E-state index in [1.54, 1.807) is 47.6 Å². The number of nitrogens with one attached hydrogen (secondary N) is 7. The molecule has 0 spiro atoms. The summed E-state index contributed by atoms with van der Waals surface area (Å²) >= 11 is 1.46. The molecule has 16 nitrogen and oxygen atoms in total. The van der Waals surface area contributed by atoms with E-state index in [-0.39, 0.29) is 41.7 Å². The van der Waals surface area contributed by atoms with Crippen LogP contribution in [0.4, 0.5) is 5.69 Å². The highest BCUT2D eigenvalue weighted by molar-refractivity contribution is 8.00. The molecule has 0 radical (unpaired) electrons. The van der Waals surface area contributed by atoms with E-state index in [0.29, 0.717) is 11.3 Å². The number of hydrogen-bond donors (Lipinski definition) is 7. The Balaban J connectivity index is 2.11. The van der Waals surface area contributed by atoms with Crippen LogP contribution in [0.1, 0.15) is 81.2 Å². The van der Waals surface area contributed by atoms with E-state index < -0.39 is 94.5 Å². The molecule has 6 amide bonds. The van der Waals surface area contributed by atoms with Gasteiger partial charge in [-0.1, -0.05) is 81.4 Å². The van der Waals surface area contributed by atoms with E-state index in [0.717, 1.165) is 0 Å². The maximum Gasteiger partial charge on any atom is 0.269 e. The number of rotatable bonds is 9. The molecule has 0 saturated carbocycles. The Bertz CT molecular complexity index is 1570. The van der Waals surface area contributed by atoms with E-state index in [9.17, 15) is 38.9 Å². The van der Waals surface area contributed by atoms with Gasteiger partial charge in [0.15, 0.2) is 0 Å². The Morgan fingerprint density at radius 2 is 1.15 bits per heavy atom. The van der Waals surface area contributed by atoms with Gasteiger partial charge in [-0.25, -0.2) is 0 Å². The average Bonchev–Trinajstić information content (AvgIpc) is 3.58. The summed E-state index contributed by atoms with van der Waals surface area (Å²) in [7, 11) is 0. The number of thioether (sulfide) groups is 1. The summed E-state index contributed by atoms with van der Waals surface area (Å²) in [4.78, 5) is 94.4. The molecule has 1 unspecified atom stereocenters. The number of carbonyl (C=O) groups excluding carboxylic acids is 6. The van der Waals surface area contributed by atoms with Crippen molar-refractivity contribution in [1.29, 1.82) is 0 Å². The third-order valence-corrected chi connectivity index (χ3v) is 11.1. The molecule has 1 aromatic carbocycles. The average molecular weight is 789 g/mol. The lowest BCUT2D eigenvalue weighted by Crippen LogP contribution is -2.61. The highest BCUT2D eigenvalue weighted by atomic mass is 32.2. The second-order valence-electron chi connectivity index (χ2n) is 16.3. The molecular weight excluding hydrogens is 729 g/mol. The van der Waals surface area contributed by atoms with Crippen LogP contribution in [-0.2, 0) is 35.2 Å². The van der Waals surface area contributed by atoms with Crippen molar-refractivity contribution in [3.05, 3.63) is 39.9 Å². The maximum atomic E-state index is 14.1. The van der Waals surface area contributed by atoms with Gasteiger partial charge in [-0.3, -0.25) is 44.2 Å². The minimum Gasteiger partial charge on any atom is -0.349 e. The summed E-state index contributed by atoms with van der Waals surface area (Å²) in [6.07, 6.45) is 0.00904. The lowest BCUT2D eigenvalue weighted by atomic mass is 9.97. The fourth-order valence-corrected chi connectivity index (χ4v) is 8.03. The molecule has 2 aliphatic rings. The number of fused-ring (bicyclic) bond motifs is 2. The molecule has 2 heterocycles. The number of amides is 6. The van der Waals surface area contributed by atoms with Gasteiger partial charge in [-0.2, -0.15) is 0 Å². The van der Waals surface area contributed by atoms with Gasteiger partial charge in [0, 0.05) is 24.3 Å². The van der Waals surface area contributed by atoms with Crippen molar-refractivity contribution >= 4 is 52.9 Å². The van der Waals surface area contributed by atoms with Crippen molar-refractivity contribution in [3.63, 3.8) is 0 Å². The molecule has 0 aromatic heterocycles. The number of hydrogen-bond acceptors (Lipinski definition) is 10. The fraction of sp³-hybridized carbons (Fsp3) is 0.684. The normalized spacial score (nSPS) is 28.0. The highest BCUT2D eigenvalue weighted by Gasteiger charge is 2.40. The summed E-state index contributed by atoms with van der Waals surface area (Å²) < 4.78 is 0. The van der Waals surface area contributed by atoms with Crippen LogP contribution in [0.2, 0.25) is 0 Å². The van der Waals surface area contributed by atoms with Gasteiger partial charge in [0.1, 0.15) is 30.2 Å². The molecule has 1 aromatic rings. The predicted octanol–water partition coefficient (Wildman–Crippen LogP) is 1.76. The zero-order valence-electron chi connectivity index (χ0n) is 33.6. The van der Waals surface area contributed by atoms with E-state index in [4.69, 9.17) is 0 Å². The molecule has 7 N–H and O–H groups in total. The van der Waals surface area contributed by atoms with Crippen LogP contribution in [0, 0.1) is 39.7 Å². The first kappa shape index (κ1) is 45.1. The lowest BCUT2D eigenvalue weighted by Gasteiger charge is -2.32. The Hall–Kier alpha value is -4.25. The molecule has 2 saturated heterocycles. The first-order valence-electron chi connectivity index (χ1n) is 19.1. The van der Waals surface area contributed by atoms with Crippen LogP contribution in [0.3, 0.4) is 0 Å². The highest BCUT2D eigenvalue weighted by Crippen LogP contribution is 2.26. The van der Waals surface area contributed by atoms with E-state index in [2.05, 4.69) is 37.2 Å². The van der Waals surface area contributed by atoms with Gasteiger partial charge in [-0.05, 0) is 41.6 Å². The van der Waals surface area contributed by atoms with E-state index in [1.807, 2.05) is 27.7 Å². The molecule has 17 heteroatoms. The van der Waals surface area contributed by atoms with Gasteiger partial charge in [-0.15, -0.1) is 11.8 Å². The molecule has 0 aliphatic carbocycles. The third kappa shape index (κ3) is 12.6. The number of carbonyl (C=O) groups is 6. The molecule has 306 valence electrons. The van der Waals surface area contributed by atoms with Gasteiger partial charge in [0.2, 0.25) is 35.4 Å². The topological polar surface area (TPSA) is 230 Å². The summed E-state index contributed by atoms with van der Waals surface area (Å²) in [6.45, 7) is 18.2. The van der Waals surface area contributed by atoms with Crippen molar-refractivity contribution in [1.82, 2.24) is 37.2 Å². The minimum absolute atomic E-state index is 0.0660. The molecule has 55 heavy (non-hydrogen) atoms. The Kier molecular flexibility index (Phi) is 16.5. The smallest absolute Gasteiger partial charge is 0.269 e. The third-order valence-electron chi connectivity index (χ3n) is 9.75. The molecule has 3 rings (SSSR count). The van der Waals surface area contributed by atoms with Crippen LogP contribution >= 0.6 is 11.8 Å². The van der Waals surface area contributed by atoms with Gasteiger partial charge in [0.25, 0.3) is 5.69 Å². The molecular formula is C38H60N8O8S. The van der Waals surface area contributed by atoms with Crippen LogP contribution < -0.4 is 37.2 Å². The number of nitro groups is 1. The summed E-state index contributed by atoms with van der Waals surface area (Å²) in [5.74, 6) is -4.39. The predicted molar refractivity (Wildman–Crippen MR) is 210 cm³/mol. The molecule has 8 atom stereocenters. The van der Waals surface area contributed by atoms with Gasteiger partial charge in [0.05, 0.1) is 22.4 Å². The Morgan fingerprint density at radius 1 is 0.655 bits per heavy atom. The summed E-state index contributed by atoms with van der Waals surface area (Å²) in [6, 6.07) is -1.00. The molecule has 2 bridgehead atoms. The zero-order chi connectivity index (χ0) is 41.3. The Morgan fingerprint density at radius 3 is 1.67 bits per heavy atom. The molecule has 2 aliphatic heterocycles. The first-order chi connectivity index (χ1) is 25.7. The number of nitro benzene ring substituents is 1. The van der Waals surface area contributed by atoms with Crippen LogP contribution in [-0.4, -0.2) is 93.8 Å². The Labute approximate surface area is 328 Å². The monoisotopic (exact) mass is 788 g/mol. The fourth-order valence-electron chi connectivity index (χ4n) is 6.53. The molecule has 2 fully saturated rings. The number of non-ortho nitro benzene ring substituents is 1. The van der Waals surface area contributed by atoms with E-state index in [1.165, 1.54) is 30.0 Å². The van der Waals surface area contributed by atoms with Crippen molar-refractivity contribution < 1.29 is 33.7 Å². The largest absolute Gasteiger partial charge is 0.349 e. The van der Waals surface area contributed by atoms with E-state index >= 15 is 0 Å². The lowest BCUT2D eigenvalue weighted by molar-refractivity contribution is -0.384. The minimum atomic E-state index is -1.31. The second-order valence-corrected chi connectivity index (χ2v) is 17.5. The maximum absolute atomic E-state index is 14.1. The van der Waals surface area contributed by atoms with Crippen molar-refractivity contribution in [2.75, 3.05) is 5.75 Å². The number of benzene rings is 1. The van der Waals surface area contributed by atoms with Crippen molar-refractivity contribution in [2.45, 2.75) is 130 Å². The summed E-state index contributed by atoms with van der Waals surface area (Å²) in [5.41, 5.74) is 0.179. The summed E-state index contributed by atoms with van der Waals surface area (Å²) in [5, 5.41) is 31.6. The first-order valence-corrected chi connectivity index (χ1v) is 20.2. The number of nitrogens with zero attached hydrogens (tertiary/aromatic N) is 1. The van der Waals surface area contributed by atoms with Crippen LogP contribution in [0.15, 0.2) is 24.3 Å². The quantitative estimate of drug-likeness (QED) is 0.142. The zero-order valence-corrected chi connectivity index (χ0v) is 34.4. The van der Waals surface area contributed by atoms with Crippen LogP contribution in [0.5, 0.6) is 0 Å². The van der Waals surface area contributed by atoms with Crippen LogP contribution in [0.25, 0.3) is 0 Å². The van der Waals surface area contributed by atoms with Crippen molar-refractivity contribution in [2.24, 2.45) is 29.6 Å². The SMILES string of the molecule is CC(C)C[C@H]1NC(=O)[C@H](Cc2cccc([N+](=O)[O-])c2)NC(=O)[C@@H](C(C)C)NC(=O)[C@@H]2CSC(N2)[C@H](C(C)C)NC(=O)[C@@H](C(C)C)NC(=O)[C@H](C(C)C)NC1=O. The second kappa shape index (κ2) is 20.1.